The second-order valence-electron chi connectivity index (χ2n) is 5.30. The SMILES string of the molecule is CC(NC(=O)CSc1nccn1C)c1ccc2c(c1)OCCO2. The largest absolute Gasteiger partial charge is 0.486 e. The van der Waals surface area contributed by atoms with E-state index >= 15 is 0 Å². The summed E-state index contributed by atoms with van der Waals surface area (Å²) in [6, 6.07) is 5.66. The molecule has 23 heavy (non-hydrogen) atoms. The van der Waals surface area contributed by atoms with Gasteiger partial charge in [0.1, 0.15) is 13.2 Å². The van der Waals surface area contributed by atoms with Crippen molar-refractivity contribution in [1.82, 2.24) is 14.9 Å². The van der Waals surface area contributed by atoms with Crippen molar-refractivity contribution in [2.75, 3.05) is 19.0 Å². The zero-order valence-corrected chi connectivity index (χ0v) is 13.9. The van der Waals surface area contributed by atoms with Gasteiger partial charge >= 0.3 is 0 Å². The predicted octanol–water partition coefficient (Wildman–Crippen LogP) is 2.16. The zero-order chi connectivity index (χ0) is 16.2. The van der Waals surface area contributed by atoms with Gasteiger partial charge in [-0.1, -0.05) is 17.8 Å². The summed E-state index contributed by atoms with van der Waals surface area (Å²) in [5.74, 6) is 1.79. The average Bonchev–Trinajstić information content (AvgIpc) is 2.97. The highest BCUT2D eigenvalue weighted by atomic mass is 32.2. The Morgan fingerprint density at radius 1 is 1.39 bits per heavy atom. The molecule has 1 N–H and O–H groups in total. The molecule has 0 radical (unpaired) electrons. The summed E-state index contributed by atoms with van der Waals surface area (Å²) < 4.78 is 13.0. The molecular weight excluding hydrogens is 314 g/mol. The maximum atomic E-state index is 12.1. The van der Waals surface area contributed by atoms with Crippen molar-refractivity contribution in [3.05, 3.63) is 36.2 Å². The van der Waals surface area contributed by atoms with Crippen molar-refractivity contribution in [3.8, 4) is 11.5 Å². The van der Waals surface area contributed by atoms with Crippen molar-refractivity contribution in [3.63, 3.8) is 0 Å². The number of amides is 1. The topological polar surface area (TPSA) is 65.4 Å². The van der Waals surface area contributed by atoms with Gasteiger partial charge in [0.25, 0.3) is 0 Å². The van der Waals surface area contributed by atoms with Gasteiger partial charge in [0.15, 0.2) is 16.7 Å². The summed E-state index contributed by atoms with van der Waals surface area (Å²) in [5, 5.41) is 3.82. The van der Waals surface area contributed by atoms with Crippen LogP contribution in [0.4, 0.5) is 0 Å². The Balaban J connectivity index is 1.57. The molecule has 0 aliphatic carbocycles. The molecular formula is C16H19N3O3S. The minimum Gasteiger partial charge on any atom is -0.486 e. The molecule has 1 aliphatic heterocycles. The monoisotopic (exact) mass is 333 g/mol. The highest BCUT2D eigenvalue weighted by Crippen LogP contribution is 2.32. The van der Waals surface area contributed by atoms with Crippen LogP contribution in [0.25, 0.3) is 0 Å². The fourth-order valence-electron chi connectivity index (χ4n) is 2.32. The van der Waals surface area contributed by atoms with Gasteiger partial charge < -0.3 is 19.4 Å². The summed E-state index contributed by atoms with van der Waals surface area (Å²) in [7, 11) is 1.91. The van der Waals surface area contributed by atoms with E-state index in [1.807, 2.05) is 42.9 Å². The number of thioether (sulfide) groups is 1. The first-order valence-electron chi connectivity index (χ1n) is 7.42. The number of aryl methyl sites for hydroxylation is 1. The number of imidazole rings is 1. The van der Waals surface area contributed by atoms with Crippen molar-refractivity contribution in [2.45, 2.75) is 18.1 Å². The second kappa shape index (κ2) is 6.95. The van der Waals surface area contributed by atoms with Crippen LogP contribution in [-0.4, -0.2) is 34.4 Å². The zero-order valence-electron chi connectivity index (χ0n) is 13.1. The van der Waals surface area contributed by atoms with E-state index < -0.39 is 0 Å². The van der Waals surface area contributed by atoms with E-state index in [1.165, 1.54) is 11.8 Å². The summed E-state index contributed by atoms with van der Waals surface area (Å²) in [5.41, 5.74) is 0.990. The van der Waals surface area contributed by atoms with Crippen LogP contribution < -0.4 is 14.8 Å². The fourth-order valence-corrected chi connectivity index (χ4v) is 3.06. The van der Waals surface area contributed by atoms with Crippen molar-refractivity contribution in [2.24, 2.45) is 7.05 Å². The lowest BCUT2D eigenvalue weighted by Crippen LogP contribution is -2.28. The van der Waals surface area contributed by atoms with Crippen LogP contribution in [0.5, 0.6) is 11.5 Å². The standard InChI is InChI=1S/C16H19N3O3S/c1-11(12-3-4-13-14(9-12)22-8-7-21-13)18-15(20)10-23-16-17-5-6-19(16)2/h3-6,9,11H,7-8,10H2,1-2H3,(H,18,20). The third-order valence-electron chi connectivity index (χ3n) is 3.55. The number of fused-ring (bicyclic) bond motifs is 1. The maximum Gasteiger partial charge on any atom is 0.230 e. The molecule has 0 bridgehead atoms. The lowest BCUT2D eigenvalue weighted by molar-refractivity contribution is -0.119. The normalized spacial score (nSPS) is 14.3. The molecule has 0 fully saturated rings. The average molecular weight is 333 g/mol. The molecule has 1 aromatic heterocycles. The first-order chi connectivity index (χ1) is 11.1. The van der Waals surface area contributed by atoms with E-state index in [2.05, 4.69) is 10.3 Å². The summed E-state index contributed by atoms with van der Waals surface area (Å²) in [6.45, 7) is 3.08. The van der Waals surface area contributed by atoms with Crippen molar-refractivity contribution >= 4 is 17.7 Å². The number of hydrogen-bond acceptors (Lipinski definition) is 5. The Morgan fingerprint density at radius 3 is 2.91 bits per heavy atom. The molecule has 122 valence electrons. The lowest BCUT2D eigenvalue weighted by atomic mass is 10.1. The second-order valence-corrected chi connectivity index (χ2v) is 6.24. The fraction of sp³-hybridized carbons (Fsp3) is 0.375. The van der Waals surface area contributed by atoms with Crippen LogP contribution in [0, 0.1) is 0 Å². The van der Waals surface area contributed by atoms with E-state index in [1.54, 1.807) is 6.20 Å². The molecule has 6 nitrogen and oxygen atoms in total. The van der Waals surface area contributed by atoms with Gasteiger partial charge in [0.2, 0.25) is 5.91 Å². The smallest absolute Gasteiger partial charge is 0.230 e. The number of benzene rings is 1. The van der Waals surface area contributed by atoms with Crippen LogP contribution in [-0.2, 0) is 11.8 Å². The van der Waals surface area contributed by atoms with Crippen LogP contribution in [0.3, 0.4) is 0 Å². The molecule has 0 spiro atoms. The molecule has 7 heteroatoms. The first kappa shape index (κ1) is 15.7. The molecule has 1 atom stereocenters. The van der Waals surface area contributed by atoms with E-state index in [0.29, 0.717) is 19.0 Å². The van der Waals surface area contributed by atoms with E-state index in [4.69, 9.17) is 9.47 Å². The summed E-state index contributed by atoms with van der Waals surface area (Å²) in [6.07, 6.45) is 3.58. The Morgan fingerprint density at radius 2 is 2.17 bits per heavy atom. The number of carbonyl (C=O) groups excluding carboxylic acids is 1. The van der Waals surface area contributed by atoms with E-state index in [-0.39, 0.29) is 11.9 Å². The quantitative estimate of drug-likeness (QED) is 0.850. The highest BCUT2D eigenvalue weighted by Gasteiger charge is 2.16. The van der Waals surface area contributed by atoms with Crippen LogP contribution >= 0.6 is 11.8 Å². The third kappa shape index (κ3) is 3.79. The van der Waals surface area contributed by atoms with Crippen LogP contribution in [0.2, 0.25) is 0 Å². The van der Waals surface area contributed by atoms with Gasteiger partial charge in [-0.25, -0.2) is 4.98 Å². The summed E-state index contributed by atoms with van der Waals surface area (Å²) >= 11 is 1.42. The number of hydrogen-bond donors (Lipinski definition) is 1. The summed E-state index contributed by atoms with van der Waals surface area (Å²) in [4.78, 5) is 16.3. The molecule has 1 amide bonds. The van der Waals surface area contributed by atoms with Crippen molar-refractivity contribution in [1.29, 1.82) is 0 Å². The third-order valence-corrected chi connectivity index (χ3v) is 4.61. The Hall–Kier alpha value is -2.15. The molecule has 1 unspecified atom stereocenters. The molecule has 1 aromatic carbocycles. The first-order valence-corrected chi connectivity index (χ1v) is 8.41. The number of nitrogens with one attached hydrogen (secondary N) is 1. The minimum atomic E-state index is -0.0969. The van der Waals surface area contributed by atoms with Gasteiger partial charge in [-0.05, 0) is 24.6 Å². The Labute approximate surface area is 139 Å². The Kier molecular flexibility index (Phi) is 4.76. The van der Waals surface area contributed by atoms with Gasteiger partial charge in [-0.15, -0.1) is 0 Å². The molecule has 0 saturated carbocycles. The molecule has 3 rings (SSSR count). The van der Waals surface area contributed by atoms with Gasteiger partial charge in [0.05, 0.1) is 11.8 Å². The van der Waals surface area contributed by atoms with Crippen LogP contribution in [0.15, 0.2) is 35.7 Å². The number of rotatable bonds is 5. The van der Waals surface area contributed by atoms with Gasteiger partial charge in [-0.2, -0.15) is 0 Å². The highest BCUT2D eigenvalue weighted by molar-refractivity contribution is 7.99. The number of nitrogens with zero attached hydrogens (tertiary/aromatic N) is 2. The Bertz CT molecular complexity index is 702. The maximum absolute atomic E-state index is 12.1. The molecule has 0 saturated heterocycles. The number of aromatic nitrogens is 2. The van der Waals surface area contributed by atoms with Gasteiger partial charge in [0, 0.05) is 19.4 Å². The minimum absolute atomic E-state index is 0.0274. The van der Waals surface area contributed by atoms with Gasteiger partial charge in [-0.3, -0.25) is 4.79 Å². The van der Waals surface area contributed by atoms with Crippen LogP contribution in [0.1, 0.15) is 18.5 Å². The van der Waals surface area contributed by atoms with E-state index in [9.17, 15) is 4.79 Å². The lowest BCUT2D eigenvalue weighted by Gasteiger charge is -2.21. The number of ether oxygens (including phenoxy) is 2. The van der Waals surface area contributed by atoms with E-state index in [0.717, 1.165) is 22.2 Å². The molecule has 2 aromatic rings. The molecule has 1 aliphatic rings. The molecule has 2 heterocycles. The number of carbonyl (C=O) groups is 1. The van der Waals surface area contributed by atoms with Crippen molar-refractivity contribution < 1.29 is 14.3 Å². The predicted molar refractivity (Wildman–Crippen MR) is 87.9 cm³/mol.